The van der Waals surface area contributed by atoms with E-state index in [1.807, 2.05) is 13.0 Å². The molecule has 0 aliphatic rings. The molecule has 0 aliphatic heterocycles. The Hall–Kier alpha value is -3.14. The first-order valence-corrected chi connectivity index (χ1v) is 17.1. The van der Waals surface area contributed by atoms with Gasteiger partial charge in [0.1, 0.15) is 0 Å². The van der Waals surface area contributed by atoms with Crippen LogP contribution in [0.2, 0.25) is 0 Å². The molecule has 0 aromatic heterocycles. The third kappa shape index (κ3) is 17.5. The zero-order chi connectivity index (χ0) is 35.1. The number of benzene rings is 1. The summed E-state index contributed by atoms with van der Waals surface area (Å²) in [6.07, 6.45) is 23.5. The van der Waals surface area contributed by atoms with Crippen LogP contribution in [0.5, 0.6) is 23.0 Å². The number of hydrogen-bond acceptors (Lipinski definition) is 4. The molecule has 1 rings (SSSR count). The molecule has 0 radical (unpaired) electrons. The van der Waals surface area contributed by atoms with Gasteiger partial charge in [0, 0.05) is 11.1 Å². The number of methoxy groups -OCH3 is 4. The van der Waals surface area contributed by atoms with Gasteiger partial charge in [0.05, 0.1) is 28.4 Å². The highest BCUT2D eigenvalue weighted by Gasteiger charge is 2.24. The van der Waals surface area contributed by atoms with Crippen LogP contribution in [0.4, 0.5) is 0 Å². The van der Waals surface area contributed by atoms with Crippen molar-refractivity contribution in [3.8, 4) is 23.0 Å². The monoisotopic (exact) mass is 637 g/mol. The van der Waals surface area contributed by atoms with E-state index in [0.29, 0.717) is 23.0 Å². The molecule has 0 atom stereocenters. The zero-order valence-corrected chi connectivity index (χ0v) is 31.8. The van der Waals surface area contributed by atoms with Gasteiger partial charge in [-0.3, -0.25) is 0 Å². The largest absolute Gasteiger partial charge is 0.492 e. The van der Waals surface area contributed by atoms with Crippen LogP contribution in [-0.2, 0) is 6.42 Å². The van der Waals surface area contributed by atoms with Gasteiger partial charge >= 0.3 is 0 Å². The van der Waals surface area contributed by atoms with E-state index in [4.69, 9.17) is 18.9 Å². The second kappa shape index (κ2) is 25.0. The summed E-state index contributed by atoms with van der Waals surface area (Å²) in [5.74, 6) is 3.32. The van der Waals surface area contributed by atoms with Crippen LogP contribution in [-0.4, -0.2) is 28.4 Å². The van der Waals surface area contributed by atoms with Crippen molar-refractivity contribution in [3.05, 3.63) is 82.5 Å². The fraction of sp³-hybridized carbons (Fsp3) is 0.571. The molecule has 0 bridgehead atoms. The maximum absolute atomic E-state index is 5.67. The van der Waals surface area contributed by atoms with Crippen LogP contribution in [0.1, 0.15) is 124 Å². The van der Waals surface area contributed by atoms with Crippen molar-refractivity contribution in [3.63, 3.8) is 0 Å². The van der Waals surface area contributed by atoms with Crippen LogP contribution in [0.3, 0.4) is 0 Å². The molecule has 0 saturated heterocycles. The average molecular weight is 637 g/mol. The van der Waals surface area contributed by atoms with Gasteiger partial charge in [-0.25, -0.2) is 0 Å². The van der Waals surface area contributed by atoms with Gasteiger partial charge in [-0.2, -0.15) is 0 Å². The molecule has 4 nitrogen and oxygen atoms in total. The topological polar surface area (TPSA) is 36.9 Å². The molecule has 4 heteroatoms. The first-order chi connectivity index (χ1) is 21.9. The predicted octanol–water partition coefficient (Wildman–Crippen LogP) is 12.7. The van der Waals surface area contributed by atoms with Gasteiger partial charge in [0.25, 0.3) is 0 Å². The Labute approximate surface area is 284 Å². The summed E-state index contributed by atoms with van der Waals surface area (Å²) >= 11 is 0. The summed E-state index contributed by atoms with van der Waals surface area (Å²) in [6, 6.07) is 0. The number of hydrogen-bond donors (Lipinski definition) is 0. The summed E-state index contributed by atoms with van der Waals surface area (Å²) in [4.78, 5) is 0. The third-order valence-corrected chi connectivity index (χ3v) is 8.14. The zero-order valence-electron chi connectivity index (χ0n) is 31.8. The lowest BCUT2D eigenvalue weighted by molar-refractivity contribution is 0.302. The molecule has 260 valence electrons. The van der Waals surface area contributed by atoms with Crippen molar-refractivity contribution >= 4 is 0 Å². The van der Waals surface area contributed by atoms with Gasteiger partial charge in [0.15, 0.2) is 11.5 Å². The highest BCUT2D eigenvalue weighted by molar-refractivity contribution is 5.67. The fourth-order valence-corrected chi connectivity index (χ4v) is 5.09. The lowest BCUT2D eigenvalue weighted by Crippen LogP contribution is -2.04. The molecule has 46 heavy (non-hydrogen) atoms. The quantitative estimate of drug-likeness (QED) is 0.126. The molecule has 0 N–H and O–H groups in total. The molecule has 0 unspecified atom stereocenters. The molecular weight excluding hydrogens is 568 g/mol. The Bertz CT molecular complexity index is 1180. The molecule has 0 heterocycles. The highest BCUT2D eigenvalue weighted by atomic mass is 16.5. The number of allylic oxidation sites excluding steroid dienone is 10. The molecular formula is C42H68O4. The van der Waals surface area contributed by atoms with E-state index < -0.39 is 0 Å². The molecule has 1 aromatic rings. The predicted molar refractivity (Wildman–Crippen MR) is 202 cm³/mol. The van der Waals surface area contributed by atoms with Gasteiger partial charge in [-0.15, -0.1) is 13.2 Å². The molecule has 0 spiro atoms. The standard InChI is InChI=1S/C24H36O4.C18H32/c1-9-10-12-17(2)13-11-14-18(3)15-16-20-19(4)21(25-5)23(27-7)24(28-8)22(20)26-6;1-15(2)9-7-10-17(5)11-8-12-18(6)14-13-16(3)4/h9,13,15H,1,10-12,14,16H2,2-8H3;10,12,16H,1,7-9,11,13-14H2,2-6H3/b17-13+,18-15+;17-10+,18-12+. The second-order valence-corrected chi connectivity index (χ2v) is 13.0. The van der Waals surface area contributed by atoms with Gasteiger partial charge in [0.2, 0.25) is 11.5 Å². The molecule has 0 saturated carbocycles. The molecule has 1 aromatic carbocycles. The smallest absolute Gasteiger partial charge is 0.207 e. The number of ether oxygens (including phenoxy) is 4. The van der Waals surface area contributed by atoms with Crippen molar-refractivity contribution in [2.45, 2.75) is 126 Å². The van der Waals surface area contributed by atoms with Gasteiger partial charge < -0.3 is 18.9 Å². The summed E-state index contributed by atoms with van der Waals surface area (Å²) in [5, 5.41) is 0. The van der Waals surface area contributed by atoms with Crippen molar-refractivity contribution in [1.29, 1.82) is 0 Å². The van der Waals surface area contributed by atoms with E-state index in [-0.39, 0.29) is 0 Å². The molecule has 0 aliphatic carbocycles. The maximum Gasteiger partial charge on any atom is 0.207 e. The first-order valence-electron chi connectivity index (χ1n) is 17.1. The van der Waals surface area contributed by atoms with Crippen molar-refractivity contribution < 1.29 is 18.9 Å². The lowest BCUT2D eigenvalue weighted by Gasteiger charge is -2.21. The van der Waals surface area contributed by atoms with E-state index in [9.17, 15) is 0 Å². The van der Waals surface area contributed by atoms with Crippen molar-refractivity contribution in [2.75, 3.05) is 28.4 Å². The SMILES string of the molecule is C=C(C)CC/C=C(\C)CC/C=C(\C)CCC(C)C.C=CCC/C(C)=C/CC/C(C)=C/Cc1c(C)c(OC)c(OC)c(OC)c1OC. The second-order valence-electron chi connectivity index (χ2n) is 13.0. The Morgan fingerprint density at radius 1 is 0.587 bits per heavy atom. The number of rotatable bonds is 21. The van der Waals surface area contributed by atoms with Gasteiger partial charge in [-0.1, -0.05) is 72.1 Å². The Morgan fingerprint density at radius 3 is 1.43 bits per heavy atom. The molecule has 0 amide bonds. The van der Waals surface area contributed by atoms with Crippen LogP contribution in [0.25, 0.3) is 0 Å². The first kappa shape index (κ1) is 42.9. The normalized spacial score (nSPS) is 12.5. The van der Waals surface area contributed by atoms with Crippen LogP contribution in [0.15, 0.2) is 71.4 Å². The van der Waals surface area contributed by atoms with Gasteiger partial charge in [-0.05, 0) is 118 Å². The summed E-state index contributed by atoms with van der Waals surface area (Å²) < 4.78 is 22.3. The molecule has 0 fully saturated rings. The van der Waals surface area contributed by atoms with E-state index in [0.717, 1.165) is 62.0 Å². The Balaban J connectivity index is 0.000000973. The average Bonchev–Trinajstić information content (AvgIpc) is 3.01. The summed E-state index contributed by atoms with van der Waals surface area (Å²) in [6.45, 7) is 25.3. The maximum atomic E-state index is 5.67. The van der Waals surface area contributed by atoms with E-state index in [1.165, 1.54) is 48.0 Å². The van der Waals surface area contributed by atoms with Crippen molar-refractivity contribution in [2.24, 2.45) is 5.92 Å². The minimum atomic E-state index is 0.559. The van der Waals surface area contributed by atoms with Crippen molar-refractivity contribution in [1.82, 2.24) is 0 Å². The fourth-order valence-electron chi connectivity index (χ4n) is 5.09. The summed E-state index contributed by atoms with van der Waals surface area (Å²) in [5.41, 5.74) is 9.18. The minimum absolute atomic E-state index is 0.559. The van der Waals surface area contributed by atoms with Crippen LogP contribution in [0, 0.1) is 12.8 Å². The minimum Gasteiger partial charge on any atom is -0.492 e. The van der Waals surface area contributed by atoms with Crippen LogP contribution < -0.4 is 18.9 Å². The summed E-state index contributed by atoms with van der Waals surface area (Å²) in [7, 11) is 6.51. The highest BCUT2D eigenvalue weighted by Crippen LogP contribution is 2.49. The van der Waals surface area contributed by atoms with E-state index in [1.54, 1.807) is 34.0 Å². The van der Waals surface area contributed by atoms with E-state index in [2.05, 4.69) is 85.9 Å². The Morgan fingerprint density at radius 2 is 1.00 bits per heavy atom. The lowest BCUT2D eigenvalue weighted by atomic mass is 9.99. The van der Waals surface area contributed by atoms with E-state index >= 15 is 0 Å². The third-order valence-electron chi connectivity index (χ3n) is 8.14. The Kier molecular flexibility index (Phi) is 23.3. The van der Waals surface area contributed by atoms with Crippen LogP contribution >= 0.6 is 0 Å².